The zero-order chi connectivity index (χ0) is 15.1. The fraction of sp³-hybridized carbons (Fsp3) is 0.429. The van der Waals surface area contributed by atoms with Gasteiger partial charge in [-0.15, -0.1) is 0 Å². The van der Waals surface area contributed by atoms with Gasteiger partial charge in [0.15, 0.2) is 0 Å². The second kappa shape index (κ2) is 7.75. The van der Waals surface area contributed by atoms with Crippen molar-refractivity contribution in [2.45, 2.75) is 12.8 Å². The van der Waals surface area contributed by atoms with Gasteiger partial charge in [-0.3, -0.25) is 9.59 Å². The van der Waals surface area contributed by atoms with Crippen LogP contribution >= 0.6 is 11.6 Å². The highest BCUT2D eigenvalue weighted by Gasteiger charge is 2.17. The summed E-state index contributed by atoms with van der Waals surface area (Å²) in [7, 11) is 4.50. The molecule has 0 aliphatic heterocycles. The maximum Gasteiger partial charge on any atom is 0.305 e. The number of nitrogens with zero attached hydrogens (tertiary/aromatic N) is 1. The normalized spacial score (nSPS) is 10.0. The molecule has 0 saturated carbocycles. The first kappa shape index (κ1) is 16.3. The van der Waals surface area contributed by atoms with Crippen LogP contribution in [0.25, 0.3) is 0 Å². The third-order valence-corrected chi connectivity index (χ3v) is 3.08. The predicted molar refractivity (Wildman–Crippen MR) is 76.2 cm³/mol. The van der Waals surface area contributed by atoms with Crippen molar-refractivity contribution >= 4 is 23.5 Å². The molecule has 0 radical (unpaired) electrons. The molecule has 0 saturated heterocycles. The van der Waals surface area contributed by atoms with Gasteiger partial charge in [-0.2, -0.15) is 0 Å². The standard InChI is InChI=1S/C14H18ClNO4/c1-16(8-4-5-13(17)20-3)14(18)11-7-6-10(15)9-12(11)19-2/h6-7,9H,4-5,8H2,1-3H3. The first-order chi connectivity index (χ1) is 9.49. The summed E-state index contributed by atoms with van der Waals surface area (Å²) in [6.45, 7) is 0.458. The lowest BCUT2D eigenvalue weighted by Crippen LogP contribution is -2.28. The van der Waals surface area contributed by atoms with E-state index in [1.807, 2.05) is 0 Å². The molecule has 0 aliphatic carbocycles. The number of halogens is 1. The molecule has 0 aliphatic rings. The Morgan fingerprint density at radius 2 is 2.00 bits per heavy atom. The predicted octanol–water partition coefficient (Wildman–Crippen LogP) is 2.37. The lowest BCUT2D eigenvalue weighted by molar-refractivity contribution is -0.140. The molecule has 5 nitrogen and oxygen atoms in total. The average molecular weight is 300 g/mol. The molecule has 0 N–H and O–H groups in total. The van der Waals surface area contributed by atoms with Gasteiger partial charge in [0.05, 0.1) is 19.8 Å². The Balaban J connectivity index is 2.67. The topological polar surface area (TPSA) is 55.8 Å². The number of hydrogen-bond acceptors (Lipinski definition) is 4. The highest BCUT2D eigenvalue weighted by atomic mass is 35.5. The minimum Gasteiger partial charge on any atom is -0.496 e. The van der Waals surface area contributed by atoms with Crippen LogP contribution in [0.5, 0.6) is 5.75 Å². The molecule has 1 amide bonds. The van der Waals surface area contributed by atoms with E-state index in [4.69, 9.17) is 16.3 Å². The Morgan fingerprint density at radius 3 is 2.60 bits per heavy atom. The van der Waals surface area contributed by atoms with E-state index in [0.29, 0.717) is 29.3 Å². The van der Waals surface area contributed by atoms with Gasteiger partial charge < -0.3 is 14.4 Å². The van der Waals surface area contributed by atoms with E-state index in [2.05, 4.69) is 4.74 Å². The van der Waals surface area contributed by atoms with Crippen LogP contribution < -0.4 is 4.74 Å². The van der Waals surface area contributed by atoms with Gasteiger partial charge in [0.2, 0.25) is 0 Å². The molecule has 110 valence electrons. The molecule has 0 fully saturated rings. The maximum absolute atomic E-state index is 12.3. The summed E-state index contributed by atoms with van der Waals surface area (Å²) >= 11 is 5.86. The molecule has 1 aromatic rings. The number of esters is 1. The van der Waals surface area contributed by atoms with Crippen LogP contribution in [0, 0.1) is 0 Å². The summed E-state index contributed by atoms with van der Waals surface area (Å²) in [5.74, 6) is -0.0272. The van der Waals surface area contributed by atoms with Crippen LogP contribution in [0.15, 0.2) is 18.2 Å². The van der Waals surface area contributed by atoms with E-state index in [0.717, 1.165) is 0 Å². The Bertz CT molecular complexity index is 490. The van der Waals surface area contributed by atoms with Crippen molar-refractivity contribution in [3.05, 3.63) is 28.8 Å². The van der Waals surface area contributed by atoms with Crippen molar-refractivity contribution in [1.29, 1.82) is 0 Å². The largest absolute Gasteiger partial charge is 0.496 e. The SMILES string of the molecule is COC(=O)CCCN(C)C(=O)c1ccc(Cl)cc1OC. The third-order valence-electron chi connectivity index (χ3n) is 2.84. The van der Waals surface area contributed by atoms with Crippen LogP contribution in [0.4, 0.5) is 0 Å². The minimum atomic E-state index is -0.282. The fourth-order valence-electron chi connectivity index (χ4n) is 1.71. The van der Waals surface area contributed by atoms with E-state index < -0.39 is 0 Å². The lowest BCUT2D eigenvalue weighted by atomic mass is 10.1. The Morgan fingerprint density at radius 1 is 1.30 bits per heavy atom. The molecule has 0 bridgehead atoms. The summed E-state index contributed by atoms with van der Waals surface area (Å²) in [5, 5.41) is 0.506. The zero-order valence-electron chi connectivity index (χ0n) is 11.8. The van der Waals surface area contributed by atoms with Crippen LogP contribution in [0.3, 0.4) is 0 Å². The third kappa shape index (κ3) is 4.42. The number of hydrogen-bond donors (Lipinski definition) is 0. The van der Waals surface area contributed by atoms with E-state index in [9.17, 15) is 9.59 Å². The number of benzene rings is 1. The van der Waals surface area contributed by atoms with Gasteiger partial charge in [-0.1, -0.05) is 11.6 Å². The van der Waals surface area contributed by atoms with Crippen LogP contribution in [0.2, 0.25) is 5.02 Å². The van der Waals surface area contributed by atoms with Crippen molar-refractivity contribution in [1.82, 2.24) is 4.90 Å². The van der Waals surface area contributed by atoms with Gasteiger partial charge >= 0.3 is 5.97 Å². The number of carbonyl (C=O) groups excluding carboxylic acids is 2. The summed E-state index contributed by atoms with van der Waals surface area (Å²) in [6, 6.07) is 4.86. The molecule has 1 rings (SSSR count). The quantitative estimate of drug-likeness (QED) is 0.757. The first-order valence-electron chi connectivity index (χ1n) is 6.15. The number of ether oxygens (including phenoxy) is 2. The summed E-state index contributed by atoms with van der Waals surface area (Å²) in [5.41, 5.74) is 0.442. The van der Waals surface area contributed by atoms with Gasteiger partial charge in [-0.25, -0.2) is 0 Å². The smallest absolute Gasteiger partial charge is 0.305 e. The highest BCUT2D eigenvalue weighted by molar-refractivity contribution is 6.30. The lowest BCUT2D eigenvalue weighted by Gasteiger charge is -2.18. The first-order valence-corrected chi connectivity index (χ1v) is 6.53. The second-order valence-corrected chi connectivity index (χ2v) is 4.69. The molecule has 0 aromatic heterocycles. The molecule has 0 spiro atoms. The van der Waals surface area contributed by atoms with Crippen LogP contribution in [-0.4, -0.2) is 44.6 Å². The summed E-state index contributed by atoms with van der Waals surface area (Å²) < 4.78 is 9.70. The van der Waals surface area contributed by atoms with E-state index >= 15 is 0 Å². The Hall–Kier alpha value is -1.75. The fourth-order valence-corrected chi connectivity index (χ4v) is 1.87. The monoisotopic (exact) mass is 299 g/mol. The maximum atomic E-state index is 12.3. The van der Waals surface area contributed by atoms with E-state index in [1.54, 1.807) is 25.2 Å². The second-order valence-electron chi connectivity index (χ2n) is 4.25. The summed E-state index contributed by atoms with van der Waals surface area (Å²) in [6.07, 6.45) is 0.830. The van der Waals surface area contributed by atoms with E-state index in [-0.39, 0.29) is 18.3 Å². The summed E-state index contributed by atoms with van der Waals surface area (Å²) in [4.78, 5) is 24.8. The van der Waals surface area contributed by atoms with E-state index in [1.165, 1.54) is 19.1 Å². The van der Waals surface area contributed by atoms with Crippen molar-refractivity contribution in [2.24, 2.45) is 0 Å². The minimum absolute atomic E-state index is 0.177. The van der Waals surface area contributed by atoms with Gasteiger partial charge in [-0.05, 0) is 24.6 Å². The van der Waals surface area contributed by atoms with Crippen molar-refractivity contribution < 1.29 is 19.1 Å². The number of methoxy groups -OCH3 is 2. The van der Waals surface area contributed by atoms with Gasteiger partial charge in [0, 0.05) is 25.0 Å². The van der Waals surface area contributed by atoms with Crippen molar-refractivity contribution in [2.75, 3.05) is 27.8 Å². The van der Waals surface area contributed by atoms with Crippen molar-refractivity contribution in [3.8, 4) is 5.75 Å². The molecular formula is C14H18ClNO4. The Kier molecular flexibility index (Phi) is 6.31. The van der Waals surface area contributed by atoms with Crippen molar-refractivity contribution in [3.63, 3.8) is 0 Å². The molecule has 0 atom stereocenters. The number of carbonyl (C=O) groups is 2. The molecule has 0 heterocycles. The van der Waals surface area contributed by atoms with Crippen LogP contribution in [-0.2, 0) is 9.53 Å². The molecule has 1 aromatic carbocycles. The zero-order valence-corrected chi connectivity index (χ0v) is 12.6. The van der Waals surface area contributed by atoms with Gasteiger partial charge in [0.25, 0.3) is 5.91 Å². The molecule has 0 unspecified atom stereocenters. The van der Waals surface area contributed by atoms with Crippen LogP contribution in [0.1, 0.15) is 23.2 Å². The Labute approximate surface area is 123 Å². The number of rotatable bonds is 6. The molecular weight excluding hydrogens is 282 g/mol. The van der Waals surface area contributed by atoms with Gasteiger partial charge in [0.1, 0.15) is 5.75 Å². The average Bonchev–Trinajstić information content (AvgIpc) is 2.45. The molecule has 6 heteroatoms. The molecule has 20 heavy (non-hydrogen) atoms. The number of amides is 1. The highest BCUT2D eigenvalue weighted by Crippen LogP contribution is 2.24.